The first-order valence-electron chi connectivity index (χ1n) is 4.62. The Balaban J connectivity index is 4.23. The first-order chi connectivity index (χ1) is 6.40. The number of primary amides is 1. The lowest BCUT2D eigenvalue weighted by atomic mass is 10.1. The molecule has 0 saturated carbocycles. The van der Waals surface area contributed by atoms with Gasteiger partial charge in [0.15, 0.2) is 0 Å². The van der Waals surface area contributed by atoms with Crippen molar-refractivity contribution < 1.29 is 14.7 Å². The van der Waals surface area contributed by atoms with Crippen molar-refractivity contribution in [2.45, 2.75) is 26.3 Å². The number of likely N-dealkylation sites (N-methyl/N-ethyl adjacent to an activating group) is 1. The Morgan fingerprint density at radius 2 is 2.00 bits per heavy atom. The SMILES string of the molecule is CCC(C(N)=O)N(C)CC(C)C(=O)O. The van der Waals surface area contributed by atoms with Crippen LogP contribution >= 0.6 is 0 Å². The number of amides is 1. The lowest BCUT2D eigenvalue weighted by Gasteiger charge is -2.25. The van der Waals surface area contributed by atoms with Gasteiger partial charge in [-0.15, -0.1) is 0 Å². The van der Waals surface area contributed by atoms with Gasteiger partial charge in [0.25, 0.3) is 0 Å². The minimum atomic E-state index is -0.865. The number of hydrogen-bond donors (Lipinski definition) is 2. The van der Waals surface area contributed by atoms with E-state index in [1.54, 1.807) is 18.9 Å². The molecule has 82 valence electrons. The molecule has 0 aliphatic carbocycles. The maximum atomic E-state index is 11.0. The highest BCUT2D eigenvalue weighted by Gasteiger charge is 2.22. The van der Waals surface area contributed by atoms with Crippen LogP contribution in [0.2, 0.25) is 0 Å². The van der Waals surface area contributed by atoms with Crippen LogP contribution in [-0.4, -0.2) is 41.5 Å². The van der Waals surface area contributed by atoms with Crippen LogP contribution in [-0.2, 0) is 9.59 Å². The number of rotatable bonds is 6. The van der Waals surface area contributed by atoms with Crippen molar-refractivity contribution in [2.75, 3.05) is 13.6 Å². The molecule has 2 atom stereocenters. The van der Waals surface area contributed by atoms with Gasteiger partial charge in [-0.3, -0.25) is 14.5 Å². The average molecular weight is 202 g/mol. The molecule has 3 N–H and O–H groups in total. The van der Waals surface area contributed by atoms with E-state index in [2.05, 4.69) is 0 Å². The predicted octanol–water partition coefficient (Wildman–Crippen LogP) is -0.0972. The van der Waals surface area contributed by atoms with E-state index in [1.807, 2.05) is 6.92 Å². The fourth-order valence-corrected chi connectivity index (χ4v) is 1.37. The summed E-state index contributed by atoms with van der Waals surface area (Å²) in [6.45, 7) is 3.78. The third-order valence-corrected chi connectivity index (χ3v) is 2.23. The Morgan fingerprint density at radius 1 is 1.50 bits per heavy atom. The second kappa shape index (κ2) is 5.59. The molecule has 0 aliphatic rings. The first-order valence-corrected chi connectivity index (χ1v) is 4.62. The van der Waals surface area contributed by atoms with Crippen molar-refractivity contribution in [3.63, 3.8) is 0 Å². The van der Waals surface area contributed by atoms with Gasteiger partial charge in [-0.05, 0) is 13.5 Å². The van der Waals surface area contributed by atoms with Gasteiger partial charge in [0.1, 0.15) is 0 Å². The van der Waals surface area contributed by atoms with Gasteiger partial charge in [0.2, 0.25) is 5.91 Å². The molecule has 5 heteroatoms. The van der Waals surface area contributed by atoms with E-state index >= 15 is 0 Å². The van der Waals surface area contributed by atoms with Crippen LogP contribution in [0.1, 0.15) is 20.3 Å². The normalized spacial score (nSPS) is 15.1. The van der Waals surface area contributed by atoms with E-state index in [-0.39, 0.29) is 6.04 Å². The summed E-state index contributed by atoms with van der Waals surface area (Å²) in [6, 6.07) is -0.378. The monoisotopic (exact) mass is 202 g/mol. The molecule has 5 nitrogen and oxygen atoms in total. The average Bonchev–Trinajstić information content (AvgIpc) is 2.04. The minimum absolute atomic E-state index is 0.330. The molecule has 0 aromatic heterocycles. The number of carbonyl (C=O) groups is 2. The summed E-state index contributed by atoms with van der Waals surface area (Å²) >= 11 is 0. The van der Waals surface area contributed by atoms with Gasteiger partial charge in [0.05, 0.1) is 12.0 Å². The van der Waals surface area contributed by atoms with Gasteiger partial charge in [0, 0.05) is 6.54 Å². The van der Waals surface area contributed by atoms with E-state index in [4.69, 9.17) is 10.8 Å². The fourth-order valence-electron chi connectivity index (χ4n) is 1.37. The van der Waals surface area contributed by atoms with Crippen molar-refractivity contribution in [2.24, 2.45) is 11.7 Å². The molecule has 0 heterocycles. The van der Waals surface area contributed by atoms with Crippen molar-refractivity contribution in [1.29, 1.82) is 0 Å². The smallest absolute Gasteiger partial charge is 0.307 e. The van der Waals surface area contributed by atoms with Crippen molar-refractivity contribution in [3.8, 4) is 0 Å². The number of aliphatic carboxylic acids is 1. The van der Waals surface area contributed by atoms with E-state index in [0.717, 1.165) is 0 Å². The zero-order chi connectivity index (χ0) is 11.3. The largest absolute Gasteiger partial charge is 0.481 e. The summed E-state index contributed by atoms with van der Waals surface area (Å²) in [4.78, 5) is 23.2. The number of carbonyl (C=O) groups excluding carboxylic acids is 1. The Hall–Kier alpha value is -1.10. The maximum absolute atomic E-state index is 11.0. The second-order valence-electron chi connectivity index (χ2n) is 3.51. The molecule has 0 fully saturated rings. The Labute approximate surface area is 83.9 Å². The number of nitrogens with zero attached hydrogens (tertiary/aromatic N) is 1. The van der Waals surface area contributed by atoms with Gasteiger partial charge < -0.3 is 10.8 Å². The maximum Gasteiger partial charge on any atom is 0.307 e. The molecule has 14 heavy (non-hydrogen) atoms. The van der Waals surface area contributed by atoms with E-state index in [0.29, 0.717) is 13.0 Å². The lowest BCUT2D eigenvalue weighted by Crippen LogP contribution is -2.44. The zero-order valence-electron chi connectivity index (χ0n) is 8.86. The fraction of sp³-hybridized carbons (Fsp3) is 0.778. The van der Waals surface area contributed by atoms with Gasteiger partial charge in [-0.1, -0.05) is 13.8 Å². The van der Waals surface area contributed by atoms with Crippen molar-refractivity contribution in [3.05, 3.63) is 0 Å². The molecular weight excluding hydrogens is 184 g/mol. The number of carboxylic acids is 1. The van der Waals surface area contributed by atoms with Crippen LogP contribution in [0, 0.1) is 5.92 Å². The van der Waals surface area contributed by atoms with E-state index < -0.39 is 17.8 Å². The topological polar surface area (TPSA) is 83.6 Å². The molecule has 0 aromatic carbocycles. The standard InChI is InChI=1S/C9H18N2O3/c1-4-7(8(10)12)11(3)5-6(2)9(13)14/h6-7H,4-5H2,1-3H3,(H2,10,12)(H,13,14). The highest BCUT2D eigenvalue weighted by atomic mass is 16.4. The minimum Gasteiger partial charge on any atom is -0.481 e. The third kappa shape index (κ3) is 3.74. The van der Waals surface area contributed by atoms with Crippen LogP contribution < -0.4 is 5.73 Å². The second-order valence-corrected chi connectivity index (χ2v) is 3.51. The Morgan fingerprint density at radius 3 is 2.29 bits per heavy atom. The summed E-state index contributed by atoms with van der Waals surface area (Å²) in [6.07, 6.45) is 0.595. The molecule has 0 saturated heterocycles. The quantitative estimate of drug-likeness (QED) is 0.630. The number of hydrogen-bond acceptors (Lipinski definition) is 3. The van der Waals surface area contributed by atoms with Crippen LogP contribution in [0.15, 0.2) is 0 Å². The molecule has 0 radical (unpaired) electrons. The third-order valence-electron chi connectivity index (χ3n) is 2.23. The molecule has 2 unspecified atom stereocenters. The number of nitrogens with two attached hydrogens (primary N) is 1. The predicted molar refractivity (Wildman–Crippen MR) is 52.7 cm³/mol. The molecule has 0 spiro atoms. The van der Waals surface area contributed by atoms with Gasteiger partial charge in [-0.25, -0.2) is 0 Å². The van der Waals surface area contributed by atoms with Crippen LogP contribution in [0.3, 0.4) is 0 Å². The van der Waals surface area contributed by atoms with Crippen LogP contribution in [0.4, 0.5) is 0 Å². The highest BCUT2D eigenvalue weighted by Crippen LogP contribution is 2.05. The summed E-state index contributed by atoms with van der Waals surface area (Å²) in [5.74, 6) is -1.77. The van der Waals surface area contributed by atoms with Crippen LogP contribution in [0.5, 0.6) is 0 Å². The highest BCUT2D eigenvalue weighted by molar-refractivity contribution is 5.79. The van der Waals surface area contributed by atoms with E-state index in [9.17, 15) is 9.59 Å². The molecule has 0 aliphatic heterocycles. The molecule has 0 bridgehead atoms. The molecule has 1 amide bonds. The van der Waals surface area contributed by atoms with Crippen LogP contribution in [0.25, 0.3) is 0 Å². The van der Waals surface area contributed by atoms with E-state index in [1.165, 1.54) is 0 Å². The summed E-state index contributed by atoms with van der Waals surface area (Å²) in [7, 11) is 1.71. The molecule has 0 aromatic rings. The zero-order valence-corrected chi connectivity index (χ0v) is 8.86. The van der Waals surface area contributed by atoms with Gasteiger partial charge >= 0.3 is 5.97 Å². The Bertz CT molecular complexity index is 218. The molecule has 0 rings (SSSR count). The summed E-state index contributed by atoms with van der Waals surface area (Å²) < 4.78 is 0. The Kier molecular flexibility index (Phi) is 5.15. The molecular formula is C9H18N2O3. The van der Waals surface area contributed by atoms with Crippen molar-refractivity contribution >= 4 is 11.9 Å². The number of carboxylic acid groups (broad SMARTS) is 1. The lowest BCUT2D eigenvalue weighted by molar-refractivity contribution is -0.142. The van der Waals surface area contributed by atoms with Gasteiger partial charge in [-0.2, -0.15) is 0 Å². The summed E-state index contributed by atoms with van der Waals surface area (Å²) in [5, 5.41) is 8.68. The first kappa shape index (κ1) is 12.9. The summed E-state index contributed by atoms with van der Waals surface area (Å²) in [5.41, 5.74) is 5.17. The van der Waals surface area contributed by atoms with Crippen molar-refractivity contribution in [1.82, 2.24) is 4.90 Å².